The van der Waals surface area contributed by atoms with Crippen molar-refractivity contribution < 1.29 is 0 Å². The highest BCUT2D eigenvalue weighted by molar-refractivity contribution is 6.33. The van der Waals surface area contributed by atoms with Crippen molar-refractivity contribution in [3.05, 3.63) is 231 Å². The molecule has 12 aromatic carbocycles. The van der Waals surface area contributed by atoms with E-state index in [-0.39, 0.29) is 0 Å². The first-order chi connectivity index (χ1) is 31.7. The molecular weight excluding hydrogens is 773 g/mol. The van der Waals surface area contributed by atoms with Gasteiger partial charge in [0.15, 0.2) is 5.82 Å². The largest absolute Gasteiger partial charge is 0.228 e. The van der Waals surface area contributed by atoms with Gasteiger partial charge in [0.1, 0.15) is 0 Å². The van der Waals surface area contributed by atoms with Crippen LogP contribution in [-0.4, -0.2) is 9.97 Å². The normalized spacial score (nSPS) is 11.8. The minimum Gasteiger partial charge on any atom is -0.228 e. The molecule has 0 saturated heterocycles. The summed E-state index contributed by atoms with van der Waals surface area (Å²) in [5.74, 6) is 0.713. The van der Waals surface area contributed by atoms with E-state index in [0.717, 1.165) is 33.6 Å². The molecule has 0 saturated carbocycles. The van der Waals surface area contributed by atoms with E-state index in [0.29, 0.717) is 5.82 Å². The zero-order valence-electron chi connectivity index (χ0n) is 34.8. The Morgan fingerprint density at radius 3 is 1.16 bits per heavy atom. The maximum Gasteiger partial charge on any atom is 0.160 e. The Hall–Kier alpha value is -8.46. The van der Waals surface area contributed by atoms with Gasteiger partial charge in [-0.25, -0.2) is 9.97 Å². The van der Waals surface area contributed by atoms with Crippen molar-refractivity contribution in [2.24, 2.45) is 0 Å². The first kappa shape index (κ1) is 36.2. The highest BCUT2D eigenvalue weighted by atomic mass is 14.9. The highest BCUT2D eigenvalue weighted by Gasteiger charge is 2.19. The van der Waals surface area contributed by atoms with Gasteiger partial charge < -0.3 is 0 Å². The van der Waals surface area contributed by atoms with Crippen molar-refractivity contribution in [3.63, 3.8) is 0 Å². The van der Waals surface area contributed by atoms with Gasteiger partial charge in [-0.3, -0.25) is 0 Å². The minimum absolute atomic E-state index is 0.713. The van der Waals surface area contributed by atoms with Crippen molar-refractivity contribution >= 4 is 75.4 Å². The maximum atomic E-state index is 5.12. The van der Waals surface area contributed by atoms with Crippen LogP contribution in [0.15, 0.2) is 231 Å². The molecule has 0 spiro atoms. The molecular formula is C62H38N2. The lowest BCUT2D eigenvalue weighted by atomic mass is 9.84. The van der Waals surface area contributed by atoms with Gasteiger partial charge in [0.05, 0.1) is 11.4 Å². The van der Waals surface area contributed by atoms with Crippen molar-refractivity contribution in [1.82, 2.24) is 9.97 Å². The summed E-state index contributed by atoms with van der Waals surface area (Å²) in [7, 11) is 0. The Labute approximate surface area is 370 Å². The maximum absolute atomic E-state index is 5.12. The van der Waals surface area contributed by atoms with Crippen LogP contribution in [-0.2, 0) is 0 Å². The molecule has 296 valence electrons. The van der Waals surface area contributed by atoms with Crippen LogP contribution in [0.3, 0.4) is 0 Å². The van der Waals surface area contributed by atoms with Crippen molar-refractivity contribution in [2.75, 3.05) is 0 Å². The van der Waals surface area contributed by atoms with Crippen LogP contribution in [0, 0.1) is 0 Å². The second kappa shape index (κ2) is 14.6. The van der Waals surface area contributed by atoms with Crippen molar-refractivity contribution in [2.45, 2.75) is 0 Å². The lowest BCUT2D eigenvalue weighted by Gasteiger charge is -2.19. The summed E-state index contributed by atoms with van der Waals surface area (Å²) in [5.41, 5.74) is 9.73. The molecule has 0 aliphatic rings. The molecule has 0 fully saturated rings. The Balaban J connectivity index is 1.02. The van der Waals surface area contributed by atoms with E-state index in [9.17, 15) is 0 Å². The zero-order valence-corrected chi connectivity index (χ0v) is 34.8. The van der Waals surface area contributed by atoms with E-state index >= 15 is 0 Å². The molecule has 0 N–H and O–H groups in total. The SMILES string of the molecule is c1ccc(-c2cc(-c3ccc(-c4c5ccccc5c(-c5ccc6c(c5)c5ccccc5c5cccc7ccc8cccc6c8c75)c5ccccc45)cc3)nc(-c3ccccc3)n2)cc1. The molecule has 2 nitrogen and oxygen atoms in total. The Morgan fingerprint density at radius 1 is 0.219 bits per heavy atom. The zero-order chi connectivity index (χ0) is 42.1. The fourth-order valence-electron chi connectivity index (χ4n) is 10.3. The minimum atomic E-state index is 0.713. The van der Waals surface area contributed by atoms with Gasteiger partial charge in [0.25, 0.3) is 0 Å². The third-order valence-electron chi connectivity index (χ3n) is 13.2. The number of aromatic nitrogens is 2. The Kier molecular flexibility index (Phi) is 8.25. The van der Waals surface area contributed by atoms with Crippen molar-refractivity contribution in [3.8, 4) is 56.2 Å². The lowest BCUT2D eigenvalue weighted by Crippen LogP contribution is -1.96. The Bertz CT molecular complexity index is 3870. The van der Waals surface area contributed by atoms with Crippen LogP contribution in [0.5, 0.6) is 0 Å². The van der Waals surface area contributed by atoms with Gasteiger partial charge >= 0.3 is 0 Å². The van der Waals surface area contributed by atoms with E-state index in [1.165, 1.54) is 92.1 Å². The first-order valence-corrected chi connectivity index (χ1v) is 22.0. The topological polar surface area (TPSA) is 25.8 Å². The summed E-state index contributed by atoms with van der Waals surface area (Å²) in [4.78, 5) is 10.1. The third kappa shape index (κ3) is 5.73. The molecule has 0 aliphatic carbocycles. The first-order valence-electron chi connectivity index (χ1n) is 22.0. The van der Waals surface area contributed by atoms with Crippen LogP contribution >= 0.6 is 0 Å². The molecule has 0 amide bonds. The third-order valence-corrected chi connectivity index (χ3v) is 13.2. The number of fused-ring (bicyclic) bond motifs is 7. The average Bonchev–Trinajstić information content (AvgIpc) is 3.37. The molecule has 0 aliphatic heterocycles. The standard InChI is InChI=1S/C62H38N2/c1-3-15-39(16-4-1)56-38-57(64-62(63-56)44-17-5-2-6-18-44)40-29-31-43(32-30-40)58-51-23-9-11-25-53(51)59(54-26-12-10-24-52(54)58)45-35-36-48-50-28-14-20-42-34-33-41-19-13-27-49(60(41)61(42)50)46-21-7-8-22-47(46)55(48)37-45/h1-38H. The second-order valence-corrected chi connectivity index (χ2v) is 16.8. The molecule has 0 radical (unpaired) electrons. The summed E-state index contributed by atoms with van der Waals surface area (Å²) in [6.45, 7) is 0. The molecule has 1 heterocycles. The monoisotopic (exact) mass is 810 g/mol. The van der Waals surface area contributed by atoms with Gasteiger partial charge in [0.2, 0.25) is 0 Å². The van der Waals surface area contributed by atoms with E-state index in [4.69, 9.17) is 9.97 Å². The number of hydrogen-bond acceptors (Lipinski definition) is 2. The van der Waals surface area contributed by atoms with Gasteiger partial charge in [-0.2, -0.15) is 0 Å². The molecule has 0 unspecified atom stereocenters. The van der Waals surface area contributed by atoms with Gasteiger partial charge in [0, 0.05) is 16.7 Å². The van der Waals surface area contributed by atoms with Crippen LogP contribution < -0.4 is 0 Å². The molecule has 13 aromatic rings. The van der Waals surface area contributed by atoms with Crippen LogP contribution in [0.2, 0.25) is 0 Å². The number of nitrogens with zero attached hydrogens (tertiary/aromatic N) is 2. The summed E-state index contributed by atoms with van der Waals surface area (Å²) in [5, 5.41) is 17.6. The smallest absolute Gasteiger partial charge is 0.160 e. The van der Waals surface area contributed by atoms with Gasteiger partial charge in [-0.1, -0.05) is 218 Å². The van der Waals surface area contributed by atoms with E-state index in [1.54, 1.807) is 0 Å². The molecule has 0 bridgehead atoms. The fraction of sp³-hybridized carbons (Fsp3) is 0. The molecule has 64 heavy (non-hydrogen) atoms. The Morgan fingerprint density at radius 2 is 0.609 bits per heavy atom. The predicted molar refractivity (Wildman–Crippen MR) is 272 cm³/mol. The van der Waals surface area contributed by atoms with Crippen LogP contribution in [0.4, 0.5) is 0 Å². The highest BCUT2D eigenvalue weighted by Crippen LogP contribution is 2.46. The summed E-state index contributed by atoms with van der Waals surface area (Å²) < 4.78 is 0. The second-order valence-electron chi connectivity index (χ2n) is 16.8. The molecule has 2 heteroatoms. The van der Waals surface area contributed by atoms with E-state index in [1.807, 2.05) is 24.3 Å². The molecule has 1 aromatic heterocycles. The van der Waals surface area contributed by atoms with E-state index < -0.39 is 0 Å². The summed E-state index contributed by atoms with van der Waals surface area (Å²) in [6, 6.07) is 83.8. The van der Waals surface area contributed by atoms with Gasteiger partial charge in [-0.05, 0) is 110 Å². The fourth-order valence-corrected chi connectivity index (χ4v) is 10.3. The van der Waals surface area contributed by atoms with Crippen molar-refractivity contribution in [1.29, 1.82) is 0 Å². The van der Waals surface area contributed by atoms with Crippen LogP contribution in [0.1, 0.15) is 0 Å². The number of hydrogen-bond donors (Lipinski definition) is 0. The summed E-state index contributed by atoms with van der Waals surface area (Å²) >= 11 is 0. The number of rotatable bonds is 5. The van der Waals surface area contributed by atoms with Gasteiger partial charge in [-0.15, -0.1) is 0 Å². The van der Waals surface area contributed by atoms with E-state index in [2.05, 4.69) is 206 Å². The molecule has 13 rings (SSSR count). The summed E-state index contributed by atoms with van der Waals surface area (Å²) in [6.07, 6.45) is 0. The quantitative estimate of drug-likeness (QED) is 0.128. The predicted octanol–water partition coefficient (Wildman–Crippen LogP) is 16.9. The number of benzene rings is 11. The molecule has 0 atom stereocenters. The van der Waals surface area contributed by atoms with Crippen LogP contribution in [0.25, 0.3) is 132 Å². The average molecular weight is 811 g/mol. The lowest BCUT2D eigenvalue weighted by molar-refractivity contribution is 1.18.